The molecule has 7 heteroatoms. The van der Waals surface area contributed by atoms with Crippen molar-refractivity contribution in [2.45, 2.75) is 12.8 Å². The third-order valence-corrected chi connectivity index (χ3v) is 4.49. The van der Waals surface area contributed by atoms with Gasteiger partial charge >= 0.3 is 0 Å². The molecule has 0 spiro atoms. The van der Waals surface area contributed by atoms with E-state index in [9.17, 15) is 9.59 Å². The van der Waals surface area contributed by atoms with Gasteiger partial charge in [-0.15, -0.1) is 12.4 Å². The second kappa shape index (κ2) is 7.95. The van der Waals surface area contributed by atoms with Gasteiger partial charge in [0.05, 0.1) is 5.56 Å². The molecule has 23 heavy (non-hydrogen) atoms. The molecule has 0 saturated carbocycles. The maximum atomic E-state index is 12.5. The summed E-state index contributed by atoms with van der Waals surface area (Å²) in [5, 5.41) is 7.04. The Morgan fingerprint density at radius 2 is 2.17 bits per heavy atom. The standard InChI is InChI=1S/C16H18BrN3O2.ClH/c17-11-3-4-14-12(6-11)13(7-15(21)20-14)16(22)19-9-10-2-1-5-18-8-10;/h3-4,6-7,10,18H,1-2,5,8-9H2,(H,19,22)(H,20,21);1H. The van der Waals surface area contributed by atoms with Gasteiger partial charge in [-0.25, -0.2) is 0 Å². The van der Waals surface area contributed by atoms with Crippen LogP contribution in [0, 0.1) is 5.92 Å². The molecule has 1 aromatic carbocycles. The normalized spacial score (nSPS) is 17.5. The second-order valence-electron chi connectivity index (χ2n) is 5.66. The number of fused-ring (bicyclic) bond motifs is 1. The lowest BCUT2D eigenvalue weighted by atomic mass is 9.99. The van der Waals surface area contributed by atoms with Crippen molar-refractivity contribution in [3.05, 3.63) is 44.7 Å². The zero-order valence-corrected chi connectivity index (χ0v) is 14.9. The number of amides is 1. The summed E-state index contributed by atoms with van der Waals surface area (Å²) in [4.78, 5) is 27.0. The van der Waals surface area contributed by atoms with Crippen LogP contribution in [0.25, 0.3) is 10.9 Å². The highest BCUT2D eigenvalue weighted by molar-refractivity contribution is 9.10. The number of hydrogen-bond acceptors (Lipinski definition) is 3. The first kappa shape index (κ1) is 18.0. The average Bonchev–Trinajstić information content (AvgIpc) is 2.53. The van der Waals surface area contributed by atoms with E-state index in [0.717, 1.165) is 35.8 Å². The molecule has 0 bridgehead atoms. The first-order valence-electron chi connectivity index (χ1n) is 7.45. The molecule has 0 aliphatic carbocycles. The predicted molar refractivity (Wildman–Crippen MR) is 97.4 cm³/mol. The van der Waals surface area contributed by atoms with Crippen molar-refractivity contribution in [2.24, 2.45) is 5.92 Å². The van der Waals surface area contributed by atoms with Crippen molar-refractivity contribution in [2.75, 3.05) is 19.6 Å². The van der Waals surface area contributed by atoms with Crippen LogP contribution in [0.15, 0.2) is 33.5 Å². The Hall–Kier alpha value is -1.37. The molecule has 2 heterocycles. The SMILES string of the molecule is Cl.O=C(NCC1CCCNC1)c1cc(=O)[nH]c2ccc(Br)cc12. The molecule has 5 nitrogen and oxygen atoms in total. The lowest BCUT2D eigenvalue weighted by molar-refractivity contribution is 0.0946. The minimum atomic E-state index is -0.265. The number of aromatic nitrogens is 1. The van der Waals surface area contributed by atoms with Crippen LogP contribution in [0.4, 0.5) is 0 Å². The van der Waals surface area contributed by atoms with Gasteiger partial charge in [0.1, 0.15) is 0 Å². The average molecular weight is 401 g/mol. The summed E-state index contributed by atoms with van der Waals surface area (Å²) in [6.45, 7) is 2.62. The van der Waals surface area contributed by atoms with Crippen molar-refractivity contribution < 1.29 is 4.79 Å². The van der Waals surface area contributed by atoms with Crippen LogP contribution < -0.4 is 16.2 Å². The molecular formula is C16H19BrClN3O2. The molecule has 1 amide bonds. The summed E-state index contributed by atoms with van der Waals surface area (Å²) < 4.78 is 0.873. The van der Waals surface area contributed by atoms with Gasteiger partial charge in [0.25, 0.3) is 5.91 Å². The van der Waals surface area contributed by atoms with Gasteiger partial charge in [-0.3, -0.25) is 9.59 Å². The first-order chi connectivity index (χ1) is 10.6. The minimum Gasteiger partial charge on any atom is -0.352 e. The number of rotatable bonds is 3. The van der Waals surface area contributed by atoms with Crippen molar-refractivity contribution in [3.8, 4) is 0 Å². The van der Waals surface area contributed by atoms with Crippen LogP contribution in [-0.2, 0) is 0 Å². The monoisotopic (exact) mass is 399 g/mol. The fourth-order valence-electron chi connectivity index (χ4n) is 2.84. The van der Waals surface area contributed by atoms with Crippen molar-refractivity contribution in [1.29, 1.82) is 0 Å². The Morgan fingerprint density at radius 3 is 2.91 bits per heavy atom. The van der Waals surface area contributed by atoms with E-state index >= 15 is 0 Å². The molecular weight excluding hydrogens is 382 g/mol. The predicted octanol–water partition coefficient (Wildman–Crippen LogP) is 2.44. The molecule has 3 N–H and O–H groups in total. The molecule has 2 aromatic rings. The number of hydrogen-bond donors (Lipinski definition) is 3. The number of benzene rings is 1. The molecule has 1 aliphatic rings. The molecule has 1 fully saturated rings. The van der Waals surface area contributed by atoms with Crippen LogP contribution in [0.1, 0.15) is 23.2 Å². The topological polar surface area (TPSA) is 74.0 Å². The van der Waals surface area contributed by atoms with Gasteiger partial charge in [-0.2, -0.15) is 0 Å². The largest absolute Gasteiger partial charge is 0.352 e. The van der Waals surface area contributed by atoms with E-state index in [1.165, 1.54) is 6.07 Å². The maximum absolute atomic E-state index is 12.5. The number of H-pyrrole nitrogens is 1. The highest BCUT2D eigenvalue weighted by Crippen LogP contribution is 2.20. The molecule has 0 radical (unpaired) electrons. The van der Waals surface area contributed by atoms with Gasteiger partial charge in [-0.05, 0) is 50.0 Å². The van der Waals surface area contributed by atoms with E-state index in [-0.39, 0.29) is 23.9 Å². The van der Waals surface area contributed by atoms with Crippen molar-refractivity contribution in [1.82, 2.24) is 15.6 Å². The smallest absolute Gasteiger partial charge is 0.252 e. The van der Waals surface area contributed by atoms with Crippen LogP contribution in [0.2, 0.25) is 0 Å². The summed E-state index contributed by atoms with van der Waals surface area (Å²) in [5.41, 5.74) is 0.823. The molecule has 1 aromatic heterocycles. The van der Waals surface area contributed by atoms with E-state index in [4.69, 9.17) is 0 Å². The van der Waals surface area contributed by atoms with Crippen molar-refractivity contribution >= 4 is 45.1 Å². The highest BCUT2D eigenvalue weighted by Gasteiger charge is 2.16. The fourth-order valence-corrected chi connectivity index (χ4v) is 3.21. The Labute approximate surface area is 148 Å². The Bertz CT molecular complexity index is 757. The lowest BCUT2D eigenvalue weighted by Gasteiger charge is -2.23. The fraction of sp³-hybridized carbons (Fsp3) is 0.375. The van der Waals surface area contributed by atoms with Crippen LogP contribution in [0.5, 0.6) is 0 Å². The summed E-state index contributed by atoms with van der Waals surface area (Å²) in [5.74, 6) is 0.262. The third kappa shape index (κ3) is 4.34. The molecule has 1 aliphatic heterocycles. The maximum Gasteiger partial charge on any atom is 0.252 e. The van der Waals surface area contributed by atoms with E-state index in [0.29, 0.717) is 23.5 Å². The summed E-state index contributed by atoms with van der Waals surface area (Å²) >= 11 is 3.40. The van der Waals surface area contributed by atoms with Crippen molar-refractivity contribution in [3.63, 3.8) is 0 Å². The van der Waals surface area contributed by atoms with E-state index in [2.05, 4.69) is 31.5 Å². The zero-order valence-electron chi connectivity index (χ0n) is 12.5. The zero-order chi connectivity index (χ0) is 15.5. The quantitative estimate of drug-likeness (QED) is 0.741. The molecule has 3 rings (SSSR count). The van der Waals surface area contributed by atoms with Crippen LogP contribution >= 0.6 is 28.3 Å². The van der Waals surface area contributed by atoms with E-state index < -0.39 is 0 Å². The summed E-state index contributed by atoms with van der Waals surface area (Å²) in [6, 6.07) is 6.85. The Balaban J connectivity index is 0.00000192. The Morgan fingerprint density at radius 1 is 1.35 bits per heavy atom. The number of pyridine rings is 1. The van der Waals surface area contributed by atoms with Crippen LogP contribution in [0.3, 0.4) is 0 Å². The number of halogens is 2. The number of aromatic amines is 1. The summed E-state index contributed by atoms with van der Waals surface area (Å²) in [6.07, 6.45) is 2.26. The molecule has 1 atom stereocenters. The van der Waals surface area contributed by atoms with Gasteiger partial charge in [0.15, 0.2) is 0 Å². The number of carbonyl (C=O) groups excluding carboxylic acids is 1. The second-order valence-corrected chi connectivity index (χ2v) is 6.58. The van der Waals surface area contributed by atoms with Crippen LogP contribution in [-0.4, -0.2) is 30.5 Å². The minimum absolute atomic E-state index is 0. The number of nitrogens with one attached hydrogen (secondary N) is 3. The van der Waals surface area contributed by atoms with Gasteiger partial charge in [-0.1, -0.05) is 15.9 Å². The highest BCUT2D eigenvalue weighted by atomic mass is 79.9. The van der Waals surface area contributed by atoms with E-state index in [1.807, 2.05) is 12.1 Å². The van der Waals surface area contributed by atoms with E-state index in [1.54, 1.807) is 6.07 Å². The lowest BCUT2D eigenvalue weighted by Crippen LogP contribution is -2.38. The third-order valence-electron chi connectivity index (χ3n) is 4.00. The Kier molecular flexibility index (Phi) is 6.21. The number of piperidine rings is 1. The first-order valence-corrected chi connectivity index (χ1v) is 8.24. The van der Waals surface area contributed by atoms with Gasteiger partial charge < -0.3 is 15.6 Å². The molecule has 1 unspecified atom stereocenters. The molecule has 124 valence electrons. The molecule has 1 saturated heterocycles. The van der Waals surface area contributed by atoms with Gasteiger partial charge in [0.2, 0.25) is 5.56 Å². The number of carbonyl (C=O) groups is 1. The summed E-state index contributed by atoms with van der Waals surface area (Å²) in [7, 11) is 0. The van der Waals surface area contributed by atoms with Gasteiger partial charge in [0, 0.05) is 28.0 Å².